The number of aliphatic hydroxyl groups is 2. The van der Waals surface area contributed by atoms with E-state index < -0.39 is 89.5 Å². The Morgan fingerprint density at radius 2 is 1.71 bits per heavy atom. The number of aliphatic hydroxyl groups excluding tert-OH is 2. The summed E-state index contributed by atoms with van der Waals surface area (Å²) in [6.45, 7) is 17.3. The first-order chi connectivity index (χ1) is 22.3. The van der Waals surface area contributed by atoms with Crippen LogP contribution in [0.15, 0.2) is 12.7 Å². The molecule has 49 heavy (non-hydrogen) atoms. The van der Waals surface area contributed by atoms with Gasteiger partial charge in [-0.2, -0.15) is 0 Å². The quantitative estimate of drug-likeness (QED) is 0.194. The van der Waals surface area contributed by atoms with E-state index in [2.05, 4.69) is 11.9 Å². The molecule has 0 aromatic rings. The standard InChI is InChI=1S/C35H58N2O11.Ac/c1-12-14-36-33(43)48-34(8)17-18(3)27(39)20(5)23-16-26(38)47-35(23,9)25(13-2)45-31(42)22(7)28(40)21(6)30(34)46-32-29(41)24(37(10)11)15-19(4)44-32;/h12,18-25,28-30,32,40-41H,1,13-17H2,2-11H3,(H,36,43);/t18-,19-,20?,21+,22-,23?,24+,25-,28+,29-,30-,32+,34-,35+;/m1./s1. The second kappa shape index (κ2) is 18.1. The fraction of sp³-hybridized carbons (Fsp3) is 0.829. The number of ketones is 1. The number of esters is 2. The van der Waals surface area contributed by atoms with Crippen molar-refractivity contribution in [2.75, 3.05) is 20.6 Å². The van der Waals surface area contributed by atoms with Crippen molar-refractivity contribution in [2.45, 2.75) is 135 Å². The number of nitrogens with one attached hydrogen (secondary N) is 1. The molecular formula is C35H58AcN2O11. The van der Waals surface area contributed by atoms with E-state index in [0.29, 0.717) is 12.8 Å². The SMILES string of the molecule is C=CCNC(=O)O[C@]1(C)C[C@@H](C)C(=O)C(C)C2CC(=O)O[C@]2(C)[C@@H](CC)OC(=O)[C@H](C)[C@@H](O)[C@H](C)[C@H]1O[C@@H]1O[C@H](C)C[C@H](N(C)C)[C@H]1O.[Ac]. The molecule has 1 radical (unpaired) electrons. The Balaban J connectivity index is 0.00000833. The van der Waals surface area contributed by atoms with Crippen LogP contribution in [0.4, 0.5) is 4.79 Å². The molecule has 3 saturated heterocycles. The van der Waals surface area contributed by atoms with Gasteiger partial charge in [-0.3, -0.25) is 14.4 Å². The molecule has 1 amide bonds. The molecule has 0 saturated carbocycles. The van der Waals surface area contributed by atoms with Gasteiger partial charge in [0.15, 0.2) is 6.29 Å². The van der Waals surface area contributed by atoms with Gasteiger partial charge in [0, 0.05) is 80.3 Å². The van der Waals surface area contributed by atoms with E-state index in [0.717, 1.165) is 0 Å². The smallest absolute Gasteiger partial charge is 0.408 e. The van der Waals surface area contributed by atoms with Crippen LogP contribution in [0.1, 0.15) is 81.1 Å². The van der Waals surface area contributed by atoms with Gasteiger partial charge in [0.2, 0.25) is 0 Å². The first-order valence-electron chi connectivity index (χ1n) is 17.2. The zero-order valence-electron chi connectivity index (χ0n) is 30.8. The zero-order valence-corrected chi connectivity index (χ0v) is 35.6. The second-order valence-electron chi connectivity index (χ2n) is 14.7. The number of cyclic esters (lactones) is 1. The van der Waals surface area contributed by atoms with Crippen LogP contribution in [0.2, 0.25) is 0 Å². The van der Waals surface area contributed by atoms with Crippen LogP contribution in [0, 0.1) is 73.7 Å². The molecule has 14 atom stereocenters. The fourth-order valence-corrected chi connectivity index (χ4v) is 7.95. The third kappa shape index (κ3) is 9.85. The molecule has 0 aromatic carbocycles. The summed E-state index contributed by atoms with van der Waals surface area (Å²) >= 11 is 0. The Labute approximate surface area is 327 Å². The van der Waals surface area contributed by atoms with Crippen LogP contribution in [-0.2, 0) is 38.1 Å². The third-order valence-electron chi connectivity index (χ3n) is 10.8. The van der Waals surface area contributed by atoms with Gasteiger partial charge in [-0.05, 0) is 61.1 Å². The fourth-order valence-electron chi connectivity index (χ4n) is 7.95. The van der Waals surface area contributed by atoms with Gasteiger partial charge in [0.1, 0.15) is 35.3 Å². The van der Waals surface area contributed by atoms with Crippen molar-refractivity contribution in [1.29, 1.82) is 0 Å². The van der Waals surface area contributed by atoms with E-state index >= 15 is 0 Å². The summed E-state index contributed by atoms with van der Waals surface area (Å²) in [5.74, 6) is -5.49. The van der Waals surface area contributed by atoms with E-state index in [9.17, 15) is 29.4 Å². The topological polar surface area (TPSA) is 170 Å². The number of fused-ring (bicyclic) bond motifs is 1. The predicted octanol–water partition coefficient (Wildman–Crippen LogP) is 2.99. The largest absolute Gasteiger partial charge is 0.458 e. The monoisotopic (exact) mass is 909 g/mol. The minimum absolute atomic E-state index is 0. The Hall–Kier alpha value is -1.14. The van der Waals surface area contributed by atoms with E-state index in [1.807, 2.05) is 25.9 Å². The van der Waals surface area contributed by atoms with Crippen LogP contribution < -0.4 is 5.32 Å². The molecule has 3 aliphatic heterocycles. The number of alkyl carbamates (subject to hydrolysis) is 1. The van der Waals surface area contributed by atoms with Crippen LogP contribution in [0.3, 0.4) is 0 Å². The number of hydrogen-bond donors (Lipinski definition) is 3. The maximum Gasteiger partial charge on any atom is 0.408 e. The second-order valence-corrected chi connectivity index (χ2v) is 14.7. The Morgan fingerprint density at radius 1 is 1.08 bits per heavy atom. The number of ether oxygens (including phenoxy) is 5. The van der Waals surface area contributed by atoms with Crippen LogP contribution >= 0.6 is 0 Å². The molecule has 3 heterocycles. The van der Waals surface area contributed by atoms with Gasteiger partial charge in [-0.15, -0.1) is 6.58 Å². The molecule has 0 aliphatic carbocycles. The van der Waals surface area contributed by atoms with Gasteiger partial charge in [-0.1, -0.05) is 33.8 Å². The summed E-state index contributed by atoms with van der Waals surface area (Å²) in [7, 11) is 3.68. The number of nitrogens with zero attached hydrogens (tertiary/aromatic N) is 1. The van der Waals surface area contributed by atoms with Crippen molar-refractivity contribution in [3.63, 3.8) is 0 Å². The minimum atomic E-state index is -1.61. The van der Waals surface area contributed by atoms with Crippen molar-refractivity contribution in [3.05, 3.63) is 12.7 Å². The van der Waals surface area contributed by atoms with Crippen molar-refractivity contribution >= 4 is 23.8 Å². The van der Waals surface area contributed by atoms with Gasteiger partial charge in [-0.25, -0.2) is 4.79 Å². The number of hydrogen-bond acceptors (Lipinski definition) is 12. The zero-order chi connectivity index (χ0) is 36.3. The number of Topliss-reactive ketones (excluding diaryl/α,β-unsaturated/α-hetero) is 1. The van der Waals surface area contributed by atoms with E-state index in [4.69, 9.17) is 23.7 Å². The van der Waals surface area contributed by atoms with Crippen molar-refractivity contribution in [3.8, 4) is 0 Å². The van der Waals surface area contributed by atoms with Crippen molar-refractivity contribution in [2.24, 2.45) is 29.6 Å². The van der Waals surface area contributed by atoms with Gasteiger partial charge in [0.25, 0.3) is 0 Å². The first kappa shape index (κ1) is 44.0. The Kier molecular flexibility index (Phi) is 16.2. The maximum atomic E-state index is 14.2. The number of carbonyl (C=O) groups excluding carboxylic acids is 4. The minimum Gasteiger partial charge on any atom is -0.458 e. The summed E-state index contributed by atoms with van der Waals surface area (Å²) in [6, 6.07) is -0.326. The van der Waals surface area contributed by atoms with Gasteiger partial charge in [0.05, 0.1) is 24.5 Å². The Morgan fingerprint density at radius 3 is 2.29 bits per heavy atom. The average molecular weight is 910 g/mol. The molecular weight excluding hydrogens is 851 g/mol. The molecule has 13 nitrogen and oxygen atoms in total. The molecule has 277 valence electrons. The Bertz CT molecular complexity index is 1190. The summed E-state index contributed by atoms with van der Waals surface area (Å²) < 4.78 is 30.5. The molecule has 3 rings (SSSR count). The van der Waals surface area contributed by atoms with Gasteiger partial charge < -0.3 is 44.1 Å². The number of amides is 1. The summed E-state index contributed by atoms with van der Waals surface area (Å²) in [5, 5.41) is 25.8. The first-order valence-corrected chi connectivity index (χ1v) is 17.2. The normalized spacial score (nSPS) is 42.2. The maximum absolute atomic E-state index is 14.2. The molecule has 2 unspecified atom stereocenters. The number of likely N-dealkylation sites (N-methyl/N-ethyl adjacent to an activating group) is 1. The number of rotatable bonds is 7. The van der Waals surface area contributed by atoms with Crippen LogP contribution in [0.25, 0.3) is 0 Å². The van der Waals surface area contributed by atoms with Crippen molar-refractivity contribution < 1.29 is 97.1 Å². The van der Waals surface area contributed by atoms with E-state index in [1.54, 1.807) is 41.5 Å². The summed E-state index contributed by atoms with van der Waals surface area (Å²) in [4.78, 5) is 55.7. The molecule has 3 N–H and O–H groups in total. The van der Waals surface area contributed by atoms with Gasteiger partial charge >= 0.3 is 18.0 Å². The molecule has 0 bridgehead atoms. The number of carbonyl (C=O) groups is 4. The third-order valence-corrected chi connectivity index (χ3v) is 10.8. The van der Waals surface area contributed by atoms with E-state index in [-0.39, 0.29) is 81.4 Å². The van der Waals surface area contributed by atoms with E-state index in [1.165, 1.54) is 13.0 Å². The molecule has 3 aliphatic rings. The molecule has 3 fully saturated rings. The summed E-state index contributed by atoms with van der Waals surface area (Å²) in [6.07, 6.45) is -4.66. The molecule has 14 heteroatoms. The molecule has 0 aromatic heterocycles. The van der Waals surface area contributed by atoms with Crippen molar-refractivity contribution in [1.82, 2.24) is 10.2 Å². The molecule has 0 spiro atoms. The summed E-state index contributed by atoms with van der Waals surface area (Å²) in [5.41, 5.74) is -2.89. The van der Waals surface area contributed by atoms with Crippen LogP contribution in [-0.4, -0.2) is 114 Å². The average Bonchev–Trinajstić information content (AvgIpc) is 3.34. The van der Waals surface area contributed by atoms with Crippen LogP contribution in [0.5, 0.6) is 0 Å². The predicted molar refractivity (Wildman–Crippen MR) is 175 cm³/mol.